The lowest BCUT2D eigenvalue weighted by molar-refractivity contribution is 0.288. The van der Waals surface area contributed by atoms with Gasteiger partial charge in [0.1, 0.15) is 0 Å². The molecule has 0 rings (SSSR count). The Labute approximate surface area is 173 Å². The van der Waals surface area contributed by atoms with E-state index in [4.69, 9.17) is 0 Å². The molecule has 0 radical (unpaired) electrons. The summed E-state index contributed by atoms with van der Waals surface area (Å²) in [4.78, 5) is 0. The molecule has 0 heterocycles. The zero-order valence-electron chi connectivity index (χ0n) is 17.7. The molecule has 0 fully saturated rings. The molecule has 154 valence electrons. The Morgan fingerprint density at radius 3 is 1.70 bits per heavy atom. The molecule has 0 aromatic rings. The third-order valence-electron chi connectivity index (χ3n) is 4.07. The zero-order chi connectivity index (χ0) is 19.8. The predicted octanol–water partition coefficient (Wildman–Crippen LogP) is 7.80. The van der Waals surface area contributed by atoms with Crippen LogP contribution in [0.2, 0.25) is 0 Å². The summed E-state index contributed by atoms with van der Waals surface area (Å²) >= 11 is 1.92. The third kappa shape index (κ3) is 21.2. The normalized spacial score (nSPS) is 14.0. The maximum atomic E-state index is 9.34. The van der Waals surface area contributed by atoms with Gasteiger partial charge in [-0.25, -0.2) is 0 Å². The van der Waals surface area contributed by atoms with Crippen LogP contribution in [0.15, 0.2) is 60.8 Å². The van der Waals surface area contributed by atoms with Crippen LogP contribution in [0, 0.1) is 0 Å². The lowest BCUT2D eigenvalue weighted by atomic mass is 10.1. The van der Waals surface area contributed by atoms with Crippen molar-refractivity contribution in [2.24, 2.45) is 0 Å². The first-order chi connectivity index (χ1) is 13.3. The first kappa shape index (κ1) is 26.0. The van der Waals surface area contributed by atoms with Gasteiger partial charge in [0.05, 0.1) is 6.61 Å². The van der Waals surface area contributed by atoms with Crippen molar-refractivity contribution in [2.75, 3.05) is 12.4 Å². The van der Waals surface area contributed by atoms with Gasteiger partial charge in [-0.15, -0.1) is 0 Å². The standard InChI is InChI=1S/C25H42OS/c1-3-5-6-7-8-9-10-11-12-13-14-15-16-17-18-19-20-21-22-25(24-26)27-23-4-2/h5-6,8-9,11-12,14-15,17-18,25-26H,3-4,7,10,13,16,19-24H2,1-2H3/b6-5-,9-8-,12-11-,15-14-,18-17-. The molecule has 1 unspecified atom stereocenters. The molecule has 0 amide bonds. The second-order valence-corrected chi connectivity index (χ2v) is 8.08. The van der Waals surface area contributed by atoms with E-state index in [0.717, 1.165) is 44.9 Å². The molecule has 1 N–H and O–H groups in total. The van der Waals surface area contributed by atoms with Crippen molar-refractivity contribution in [3.05, 3.63) is 60.8 Å². The van der Waals surface area contributed by atoms with Crippen molar-refractivity contribution in [1.82, 2.24) is 0 Å². The van der Waals surface area contributed by atoms with Gasteiger partial charge in [0.15, 0.2) is 0 Å². The van der Waals surface area contributed by atoms with Crippen molar-refractivity contribution in [1.29, 1.82) is 0 Å². The zero-order valence-corrected chi connectivity index (χ0v) is 18.5. The quantitative estimate of drug-likeness (QED) is 0.190. The van der Waals surface area contributed by atoms with Crippen molar-refractivity contribution in [2.45, 2.75) is 83.3 Å². The predicted molar refractivity (Wildman–Crippen MR) is 127 cm³/mol. The van der Waals surface area contributed by atoms with Crippen LogP contribution in [0.4, 0.5) is 0 Å². The molecule has 0 aromatic heterocycles. The molecule has 1 atom stereocenters. The van der Waals surface area contributed by atoms with Gasteiger partial charge >= 0.3 is 0 Å². The van der Waals surface area contributed by atoms with Gasteiger partial charge in [-0.1, -0.05) is 81.0 Å². The van der Waals surface area contributed by atoms with Crippen molar-refractivity contribution in [3.8, 4) is 0 Å². The van der Waals surface area contributed by atoms with E-state index in [2.05, 4.69) is 74.6 Å². The molecule has 0 aliphatic carbocycles. The molecule has 0 aromatic carbocycles. The Balaban J connectivity index is 3.52. The second-order valence-electron chi connectivity index (χ2n) is 6.67. The molecular formula is C25H42OS. The number of thioether (sulfide) groups is 1. The summed E-state index contributed by atoms with van der Waals surface area (Å²) in [5, 5.41) is 9.79. The smallest absolute Gasteiger partial charge is 0.0550 e. The van der Waals surface area contributed by atoms with Gasteiger partial charge in [0.2, 0.25) is 0 Å². The van der Waals surface area contributed by atoms with Gasteiger partial charge in [-0.05, 0) is 63.5 Å². The molecule has 0 aliphatic rings. The summed E-state index contributed by atoms with van der Waals surface area (Å²) in [5.74, 6) is 1.17. The van der Waals surface area contributed by atoms with E-state index in [-0.39, 0.29) is 0 Å². The molecule has 1 nitrogen and oxygen atoms in total. The summed E-state index contributed by atoms with van der Waals surface area (Å²) in [6.45, 7) is 4.69. The van der Waals surface area contributed by atoms with E-state index < -0.39 is 0 Å². The van der Waals surface area contributed by atoms with Crippen molar-refractivity contribution < 1.29 is 5.11 Å². The summed E-state index contributed by atoms with van der Waals surface area (Å²) in [6.07, 6.45) is 33.6. The number of allylic oxidation sites excluding steroid dienone is 10. The van der Waals surface area contributed by atoms with Gasteiger partial charge in [-0.2, -0.15) is 11.8 Å². The number of rotatable bonds is 18. The van der Waals surface area contributed by atoms with E-state index in [9.17, 15) is 5.11 Å². The van der Waals surface area contributed by atoms with E-state index in [1.54, 1.807) is 0 Å². The summed E-state index contributed by atoms with van der Waals surface area (Å²) in [6, 6.07) is 0. The van der Waals surface area contributed by atoms with E-state index >= 15 is 0 Å². The monoisotopic (exact) mass is 390 g/mol. The van der Waals surface area contributed by atoms with Crippen LogP contribution in [0.3, 0.4) is 0 Å². The van der Waals surface area contributed by atoms with Crippen LogP contribution in [0.5, 0.6) is 0 Å². The fourth-order valence-corrected chi connectivity index (χ4v) is 3.52. The highest BCUT2D eigenvalue weighted by Crippen LogP contribution is 2.18. The molecule has 0 saturated heterocycles. The molecule has 0 bridgehead atoms. The Morgan fingerprint density at radius 1 is 0.704 bits per heavy atom. The summed E-state index contributed by atoms with van der Waals surface area (Å²) < 4.78 is 0. The first-order valence-corrected chi connectivity index (χ1v) is 11.9. The largest absolute Gasteiger partial charge is 0.395 e. The number of hydrogen-bond donors (Lipinski definition) is 1. The Bertz CT molecular complexity index is 432. The van der Waals surface area contributed by atoms with Gasteiger partial charge in [0, 0.05) is 5.25 Å². The Morgan fingerprint density at radius 2 is 1.22 bits per heavy atom. The van der Waals surface area contributed by atoms with E-state index in [1.165, 1.54) is 25.0 Å². The molecule has 27 heavy (non-hydrogen) atoms. The van der Waals surface area contributed by atoms with Crippen LogP contribution < -0.4 is 0 Å². The maximum Gasteiger partial charge on any atom is 0.0550 e. The topological polar surface area (TPSA) is 20.2 Å². The Hall–Kier alpha value is -0.990. The third-order valence-corrected chi connectivity index (χ3v) is 5.57. The minimum Gasteiger partial charge on any atom is -0.395 e. The second kappa shape index (κ2) is 23.0. The van der Waals surface area contributed by atoms with Crippen molar-refractivity contribution in [3.63, 3.8) is 0 Å². The minimum atomic E-state index is 0.326. The molecule has 0 spiro atoms. The van der Waals surface area contributed by atoms with Gasteiger partial charge in [0.25, 0.3) is 0 Å². The van der Waals surface area contributed by atoms with Crippen LogP contribution in [-0.2, 0) is 0 Å². The lowest BCUT2D eigenvalue weighted by Gasteiger charge is -2.12. The van der Waals surface area contributed by atoms with Crippen LogP contribution >= 0.6 is 11.8 Å². The highest BCUT2D eigenvalue weighted by Gasteiger charge is 2.06. The number of hydrogen-bond acceptors (Lipinski definition) is 2. The van der Waals surface area contributed by atoms with Gasteiger partial charge in [-0.3, -0.25) is 0 Å². The molecular weight excluding hydrogens is 348 g/mol. The first-order valence-electron chi connectivity index (χ1n) is 10.8. The maximum absolute atomic E-state index is 9.34. The summed E-state index contributed by atoms with van der Waals surface area (Å²) in [7, 11) is 0. The van der Waals surface area contributed by atoms with Crippen LogP contribution in [0.25, 0.3) is 0 Å². The fourth-order valence-electron chi connectivity index (χ4n) is 2.51. The highest BCUT2D eigenvalue weighted by atomic mass is 32.2. The van der Waals surface area contributed by atoms with Crippen LogP contribution in [-0.4, -0.2) is 22.7 Å². The highest BCUT2D eigenvalue weighted by molar-refractivity contribution is 7.99. The minimum absolute atomic E-state index is 0.326. The van der Waals surface area contributed by atoms with E-state index in [1.807, 2.05) is 11.8 Å². The molecule has 2 heteroatoms. The number of unbranched alkanes of at least 4 members (excludes halogenated alkanes) is 2. The van der Waals surface area contributed by atoms with Gasteiger partial charge < -0.3 is 5.11 Å². The number of aliphatic hydroxyl groups is 1. The van der Waals surface area contributed by atoms with Crippen LogP contribution in [0.1, 0.15) is 78.1 Å². The van der Waals surface area contributed by atoms with E-state index in [0.29, 0.717) is 11.9 Å². The fraction of sp³-hybridized carbons (Fsp3) is 0.600. The molecule has 0 aliphatic heterocycles. The SMILES string of the molecule is CC/C=C\C/C=C\C/C=C\C/C=C\C/C=C\CCCCC(CO)SCCC. The average Bonchev–Trinajstić information content (AvgIpc) is 2.69. The Kier molecular flexibility index (Phi) is 22.2. The number of aliphatic hydroxyl groups excluding tert-OH is 1. The summed E-state index contributed by atoms with van der Waals surface area (Å²) in [5.41, 5.74) is 0. The lowest BCUT2D eigenvalue weighted by Crippen LogP contribution is -2.08. The van der Waals surface area contributed by atoms with Crippen molar-refractivity contribution >= 4 is 11.8 Å². The average molecular weight is 391 g/mol. The molecule has 0 saturated carbocycles.